The lowest BCUT2D eigenvalue weighted by Gasteiger charge is -2.34. The van der Waals surface area contributed by atoms with Gasteiger partial charge in [-0.15, -0.1) is 0 Å². The molecule has 1 aliphatic rings. The molecule has 2 rings (SSSR count). The molecule has 1 saturated heterocycles. The van der Waals surface area contributed by atoms with Crippen LogP contribution in [0.2, 0.25) is 0 Å². The molecule has 1 aromatic heterocycles. The Morgan fingerprint density at radius 1 is 1.30 bits per heavy atom. The number of carbonyl (C=O) groups is 1. The van der Waals surface area contributed by atoms with E-state index in [-0.39, 0.29) is 5.91 Å². The van der Waals surface area contributed by atoms with E-state index in [0.29, 0.717) is 34.4 Å². The van der Waals surface area contributed by atoms with Gasteiger partial charge in [0, 0.05) is 19.2 Å². The zero-order valence-electron chi connectivity index (χ0n) is 11.9. The zero-order chi connectivity index (χ0) is 14.7. The molecule has 2 heterocycles. The van der Waals surface area contributed by atoms with Crippen molar-refractivity contribution in [3.8, 4) is 0 Å². The third-order valence-electron chi connectivity index (χ3n) is 3.29. The van der Waals surface area contributed by atoms with Crippen molar-refractivity contribution in [3.05, 3.63) is 6.07 Å². The van der Waals surface area contributed by atoms with Gasteiger partial charge in [-0.3, -0.25) is 4.79 Å². The number of nitrogens with two attached hydrogens (primary N) is 2. The maximum Gasteiger partial charge on any atom is 0.233 e. The van der Waals surface area contributed by atoms with Crippen molar-refractivity contribution in [2.75, 3.05) is 30.3 Å². The highest BCUT2D eigenvalue weighted by molar-refractivity contribution is 7.99. The van der Waals surface area contributed by atoms with Crippen molar-refractivity contribution < 1.29 is 4.79 Å². The second-order valence-electron chi connectivity index (χ2n) is 5.53. The number of nitrogen functional groups attached to an aromatic ring is 2. The van der Waals surface area contributed by atoms with Crippen LogP contribution in [0, 0.1) is 11.8 Å². The van der Waals surface area contributed by atoms with Gasteiger partial charge in [0.1, 0.15) is 11.6 Å². The van der Waals surface area contributed by atoms with Gasteiger partial charge < -0.3 is 16.4 Å². The Kier molecular flexibility index (Phi) is 4.69. The fourth-order valence-electron chi connectivity index (χ4n) is 2.61. The summed E-state index contributed by atoms with van der Waals surface area (Å²) in [5.41, 5.74) is 11.2. The molecule has 1 amide bonds. The molecule has 110 valence electrons. The summed E-state index contributed by atoms with van der Waals surface area (Å²) >= 11 is 1.28. The number of carbonyl (C=O) groups excluding carboxylic acids is 1. The molecular weight excluding hydrogens is 274 g/mol. The first-order valence-corrected chi connectivity index (χ1v) is 7.73. The summed E-state index contributed by atoms with van der Waals surface area (Å²) in [6.45, 7) is 6.04. The van der Waals surface area contributed by atoms with Crippen molar-refractivity contribution in [1.82, 2.24) is 14.9 Å². The Morgan fingerprint density at radius 3 is 2.40 bits per heavy atom. The third-order valence-corrected chi connectivity index (χ3v) is 4.12. The van der Waals surface area contributed by atoms with E-state index in [1.807, 2.05) is 4.90 Å². The van der Waals surface area contributed by atoms with E-state index in [2.05, 4.69) is 23.8 Å². The van der Waals surface area contributed by atoms with Gasteiger partial charge in [0.15, 0.2) is 5.16 Å². The van der Waals surface area contributed by atoms with Gasteiger partial charge in [0.05, 0.1) is 5.75 Å². The van der Waals surface area contributed by atoms with Crippen LogP contribution in [-0.4, -0.2) is 39.6 Å². The number of likely N-dealkylation sites (tertiary alicyclic amines) is 1. The Hall–Kier alpha value is -1.50. The molecule has 0 saturated carbocycles. The summed E-state index contributed by atoms with van der Waals surface area (Å²) in [5, 5.41) is 0.453. The highest BCUT2D eigenvalue weighted by Gasteiger charge is 2.25. The van der Waals surface area contributed by atoms with Gasteiger partial charge in [0.2, 0.25) is 5.91 Å². The molecule has 2 atom stereocenters. The summed E-state index contributed by atoms with van der Waals surface area (Å²) in [6.07, 6.45) is 1.19. The summed E-state index contributed by atoms with van der Waals surface area (Å²) in [6, 6.07) is 1.50. The fourth-order valence-corrected chi connectivity index (χ4v) is 3.39. The van der Waals surface area contributed by atoms with E-state index < -0.39 is 0 Å². The van der Waals surface area contributed by atoms with Crippen molar-refractivity contribution in [1.29, 1.82) is 0 Å². The van der Waals surface area contributed by atoms with Crippen LogP contribution < -0.4 is 11.5 Å². The Morgan fingerprint density at radius 2 is 1.85 bits per heavy atom. The average molecular weight is 295 g/mol. The van der Waals surface area contributed by atoms with Crippen LogP contribution in [0.25, 0.3) is 0 Å². The maximum atomic E-state index is 12.2. The summed E-state index contributed by atoms with van der Waals surface area (Å²) in [7, 11) is 0. The molecule has 0 radical (unpaired) electrons. The van der Waals surface area contributed by atoms with Crippen LogP contribution in [0.3, 0.4) is 0 Å². The molecule has 6 nitrogen and oxygen atoms in total. The average Bonchev–Trinajstić information content (AvgIpc) is 2.33. The highest BCUT2D eigenvalue weighted by atomic mass is 32.2. The van der Waals surface area contributed by atoms with Crippen LogP contribution in [0.1, 0.15) is 20.3 Å². The zero-order valence-corrected chi connectivity index (χ0v) is 12.7. The molecule has 0 bridgehead atoms. The minimum Gasteiger partial charge on any atom is -0.383 e. The lowest BCUT2D eigenvalue weighted by Crippen LogP contribution is -2.43. The SMILES string of the molecule is CC1CC(C)CN(C(=O)CSc2nc(N)cc(N)n2)C1. The molecule has 1 fully saturated rings. The molecule has 1 aliphatic heterocycles. The van der Waals surface area contributed by atoms with E-state index in [1.54, 1.807) is 0 Å². The van der Waals surface area contributed by atoms with E-state index >= 15 is 0 Å². The summed E-state index contributed by atoms with van der Waals surface area (Å²) in [5.74, 6) is 2.22. The van der Waals surface area contributed by atoms with E-state index in [9.17, 15) is 4.79 Å². The number of hydrogen-bond acceptors (Lipinski definition) is 6. The first-order chi connectivity index (χ1) is 9.44. The van der Waals surface area contributed by atoms with Crippen molar-refractivity contribution in [2.24, 2.45) is 11.8 Å². The van der Waals surface area contributed by atoms with E-state index in [0.717, 1.165) is 13.1 Å². The summed E-state index contributed by atoms with van der Waals surface area (Å²) < 4.78 is 0. The van der Waals surface area contributed by atoms with Gasteiger partial charge >= 0.3 is 0 Å². The second kappa shape index (κ2) is 6.30. The number of nitrogens with zero attached hydrogens (tertiary/aromatic N) is 3. The van der Waals surface area contributed by atoms with Crippen LogP contribution in [-0.2, 0) is 4.79 Å². The largest absolute Gasteiger partial charge is 0.383 e. The Bertz CT molecular complexity index is 465. The monoisotopic (exact) mass is 295 g/mol. The van der Waals surface area contributed by atoms with Crippen LogP contribution in [0.5, 0.6) is 0 Å². The quantitative estimate of drug-likeness (QED) is 0.643. The first-order valence-electron chi connectivity index (χ1n) is 6.74. The number of thioether (sulfide) groups is 1. The van der Waals surface area contributed by atoms with E-state index in [4.69, 9.17) is 11.5 Å². The Labute approximate surface area is 123 Å². The Balaban J connectivity index is 1.91. The van der Waals surface area contributed by atoms with Crippen LogP contribution in [0.4, 0.5) is 11.6 Å². The number of anilines is 2. The minimum absolute atomic E-state index is 0.123. The molecule has 1 aromatic rings. The topological polar surface area (TPSA) is 98.1 Å². The second-order valence-corrected chi connectivity index (χ2v) is 6.48. The number of rotatable bonds is 3. The van der Waals surface area contributed by atoms with Crippen LogP contribution in [0.15, 0.2) is 11.2 Å². The number of piperidine rings is 1. The van der Waals surface area contributed by atoms with E-state index in [1.165, 1.54) is 24.2 Å². The van der Waals surface area contributed by atoms with Gasteiger partial charge in [-0.05, 0) is 18.3 Å². The maximum absolute atomic E-state index is 12.2. The third kappa shape index (κ3) is 4.00. The number of aromatic nitrogens is 2. The lowest BCUT2D eigenvalue weighted by atomic mass is 9.92. The van der Waals surface area contributed by atoms with Gasteiger partial charge in [-0.2, -0.15) is 0 Å². The van der Waals surface area contributed by atoms with Gasteiger partial charge in [-0.1, -0.05) is 25.6 Å². The first kappa shape index (κ1) is 14.9. The van der Waals surface area contributed by atoms with Gasteiger partial charge in [-0.25, -0.2) is 9.97 Å². The smallest absolute Gasteiger partial charge is 0.233 e. The predicted octanol–water partition coefficient (Wildman–Crippen LogP) is 1.24. The molecule has 0 aliphatic carbocycles. The number of amides is 1. The number of hydrogen-bond donors (Lipinski definition) is 2. The molecule has 0 aromatic carbocycles. The fraction of sp³-hybridized carbons (Fsp3) is 0.615. The summed E-state index contributed by atoms with van der Waals surface area (Å²) in [4.78, 5) is 22.3. The lowest BCUT2D eigenvalue weighted by molar-refractivity contribution is -0.130. The van der Waals surface area contributed by atoms with Gasteiger partial charge in [0.25, 0.3) is 0 Å². The molecule has 20 heavy (non-hydrogen) atoms. The minimum atomic E-state index is 0.123. The molecule has 0 spiro atoms. The van der Waals surface area contributed by atoms with Crippen molar-refractivity contribution >= 4 is 29.3 Å². The van der Waals surface area contributed by atoms with Crippen LogP contribution >= 0.6 is 11.8 Å². The molecule has 7 heteroatoms. The molecule has 2 unspecified atom stereocenters. The standard InChI is InChI=1S/C13H21N5OS/c1-8-3-9(2)6-18(5-8)12(19)7-20-13-16-10(14)4-11(15)17-13/h4,8-9H,3,5-7H2,1-2H3,(H4,14,15,16,17). The normalized spacial score (nSPS) is 22.8. The predicted molar refractivity (Wildman–Crippen MR) is 81.1 cm³/mol. The van der Waals surface area contributed by atoms with Crippen molar-refractivity contribution in [2.45, 2.75) is 25.4 Å². The highest BCUT2D eigenvalue weighted by Crippen LogP contribution is 2.23. The van der Waals surface area contributed by atoms with Crippen molar-refractivity contribution in [3.63, 3.8) is 0 Å². The molecule has 4 N–H and O–H groups in total. The molecular formula is C13H21N5OS.